The zero-order valence-corrected chi connectivity index (χ0v) is 28.8. The summed E-state index contributed by atoms with van der Waals surface area (Å²) in [4.78, 5) is 41.9. The van der Waals surface area contributed by atoms with E-state index in [9.17, 15) is 14.4 Å². The molecule has 0 spiro atoms. The number of likely N-dealkylation sites (tertiary alicyclic amines) is 1. The van der Waals surface area contributed by atoms with Crippen molar-refractivity contribution in [2.24, 2.45) is 5.92 Å². The third-order valence-corrected chi connectivity index (χ3v) is 7.61. The lowest BCUT2D eigenvalue weighted by Crippen LogP contribution is -2.33. The van der Waals surface area contributed by atoms with Crippen LogP contribution in [0.5, 0.6) is 0 Å². The van der Waals surface area contributed by atoms with Gasteiger partial charge in [0.2, 0.25) is 5.13 Å². The summed E-state index contributed by atoms with van der Waals surface area (Å²) >= 11 is 1.22. The summed E-state index contributed by atoms with van der Waals surface area (Å²) < 4.78 is 12.4. The minimum absolute atomic E-state index is 0.109. The van der Waals surface area contributed by atoms with Gasteiger partial charge in [0, 0.05) is 29.7 Å². The molecule has 5 rings (SSSR count). The quantitative estimate of drug-likeness (QED) is 0.233. The summed E-state index contributed by atoms with van der Waals surface area (Å²) in [6, 6.07) is 12.3. The lowest BCUT2D eigenvalue weighted by atomic mass is 10.2. The van der Waals surface area contributed by atoms with Crippen LogP contribution in [0.25, 0.3) is 21.5 Å². The van der Waals surface area contributed by atoms with Crippen molar-refractivity contribution in [3.8, 4) is 10.6 Å². The summed E-state index contributed by atoms with van der Waals surface area (Å²) in [6.07, 6.45) is 1.31. The van der Waals surface area contributed by atoms with E-state index in [4.69, 9.17) is 9.47 Å². The second-order valence-electron chi connectivity index (χ2n) is 12.8. The number of urea groups is 1. The molecule has 2 aromatic heterocycles. The van der Waals surface area contributed by atoms with Gasteiger partial charge in [0.25, 0.3) is 0 Å². The number of nitrogens with one attached hydrogen (secondary N) is 1. The van der Waals surface area contributed by atoms with Crippen LogP contribution in [0.15, 0.2) is 48.7 Å². The number of hydrogen-bond donors (Lipinski definition) is 1. The zero-order chi connectivity index (χ0) is 33.8. The van der Waals surface area contributed by atoms with Crippen LogP contribution in [-0.2, 0) is 9.47 Å². The summed E-state index contributed by atoms with van der Waals surface area (Å²) in [5.74, 6) is 0.506. The average Bonchev–Trinajstić information content (AvgIpc) is 3.73. The molecule has 1 N–H and O–H groups in total. The number of amides is 3. The van der Waals surface area contributed by atoms with E-state index in [2.05, 4.69) is 27.5 Å². The molecule has 246 valence electrons. The van der Waals surface area contributed by atoms with Crippen LogP contribution in [0.3, 0.4) is 0 Å². The molecule has 0 bridgehead atoms. The maximum Gasteiger partial charge on any atom is 0.435 e. The summed E-state index contributed by atoms with van der Waals surface area (Å²) in [5, 5.41) is 17.3. The van der Waals surface area contributed by atoms with Crippen molar-refractivity contribution in [1.29, 1.82) is 0 Å². The Labute approximate surface area is 273 Å². The van der Waals surface area contributed by atoms with Crippen molar-refractivity contribution in [3.63, 3.8) is 0 Å². The van der Waals surface area contributed by atoms with Gasteiger partial charge in [0.05, 0.1) is 17.4 Å². The van der Waals surface area contributed by atoms with E-state index < -0.39 is 23.4 Å². The molecule has 2 aromatic carbocycles. The van der Waals surface area contributed by atoms with Crippen molar-refractivity contribution >= 4 is 57.0 Å². The zero-order valence-electron chi connectivity index (χ0n) is 28.0. The van der Waals surface area contributed by atoms with Crippen molar-refractivity contribution < 1.29 is 23.9 Å². The predicted octanol–water partition coefficient (Wildman–Crippen LogP) is 8.31. The number of rotatable bonds is 4. The Hall–Kier alpha value is -4.52. The first-order valence-electron chi connectivity index (χ1n) is 15.4. The number of anilines is 3. The minimum Gasteiger partial charge on any atom is -0.443 e. The van der Waals surface area contributed by atoms with Crippen LogP contribution in [0.1, 0.15) is 68.7 Å². The Balaban J connectivity index is 0.00000235. The van der Waals surface area contributed by atoms with Gasteiger partial charge < -0.3 is 19.7 Å². The van der Waals surface area contributed by atoms with Gasteiger partial charge in [-0.25, -0.2) is 19.3 Å². The topological polar surface area (TPSA) is 132 Å². The fraction of sp³-hybridized carbons (Fsp3) is 0.455. The molecule has 3 amide bonds. The summed E-state index contributed by atoms with van der Waals surface area (Å²) in [7, 11) is 0. The maximum atomic E-state index is 13.5. The van der Waals surface area contributed by atoms with Gasteiger partial charge in [-0.15, -0.1) is 10.2 Å². The van der Waals surface area contributed by atoms with Crippen LogP contribution in [0.2, 0.25) is 0 Å². The van der Waals surface area contributed by atoms with E-state index in [1.54, 1.807) is 59.7 Å². The molecule has 1 saturated heterocycles. The van der Waals surface area contributed by atoms with Crippen LogP contribution in [0, 0.1) is 5.92 Å². The van der Waals surface area contributed by atoms with Gasteiger partial charge in [-0.2, -0.15) is 9.78 Å². The Bertz CT molecular complexity index is 1680. The largest absolute Gasteiger partial charge is 0.443 e. The lowest BCUT2D eigenvalue weighted by Gasteiger charge is -2.25. The van der Waals surface area contributed by atoms with Crippen LogP contribution in [-0.4, -0.2) is 67.4 Å². The van der Waals surface area contributed by atoms with E-state index in [-0.39, 0.29) is 6.03 Å². The molecule has 1 atom stereocenters. The molecule has 0 saturated carbocycles. The third-order valence-electron chi connectivity index (χ3n) is 6.65. The SMILES string of the molecule is CC.CC1CCN(C(=O)Nc2ccc(-c3nnc(N(C(=O)OC(C)(C)C)c4ccc5c(cnn5C(=O)OC(C)(C)C)c4)s3)cc2)C1. The maximum absolute atomic E-state index is 13.5. The Morgan fingerprint density at radius 3 is 2.24 bits per heavy atom. The lowest BCUT2D eigenvalue weighted by molar-refractivity contribution is 0.0521. The molecule has 13 heteroatoms. The first-order valence-corrected chi connectivity index (χ1v) is 16.2. The van der Waals surface area contributed by atoms with E-state index in [1.807, 2.05) is 43.0 Å². The van der Waals surface area contributed by atoms with E-state index >= 15 is 0 Å². The molecular formula is C33H43N7O5S. The van der Waals surface area contributed by atoms with Crippen LogP contribution in [0.4, 0.5) is 30.9 Å². The first kappa shape index (κ1) is 34.4. The predicted molar refractivity (Wildman–Crippen MR) is 181 cm³/mol. The van der Waals surface area contributed by atoms with Gasteiger partial charge in [-0.1, -0.05) is 32.1 Å². The van der Waals surface area contributed by atoms with E-state index in [0.29, 0.717) is 38.3 Å². The van der Waals surface area contributed by atoms with Crippen LogP contribution < -0.4 is 10.2 Å². The van der Waals surface area contributed by atoms with Crippen molar-refractivity contribution in [1.82, 2.24) is 24.9 Å². The minimum atomic E-state index is -0.762. The molecule has 0 aliphatic carbocycles. The molecule has 1 unspecified atom stereocenters. The molecule has 1 fully saturated rings. The third kappa shape index (κ3) is 8.39. The number of ether oxygens (including phenoxy) is 2. The number of nitrogens with zero attached hydrogens (tertiary/aromatic N) is 6. The first-order chi connectivity index (χ1) is 21.7. The molecule has 0 radical (unpaired) electrons. The second kappa shape index (κ2) is 13.9. The van der Waals surface area contributed by atoms with Crippen LogP contribution >= 0.6 is 11.3 Å². The fourth-order valence-electron chi connectivity index (χ4n) is 4.65. The Morgan fingerprint density at radius 1 is 0.957 bits per heavy atom. The Morgan fingerprint density at radius 2 is 1.63 bits per heavy atom. The number of aromatic nitrogens is 4. The number of fused-ring (bicyclic) bond motifs is 1. The number of carbonyl (C=O) groups is 3. The molecule has 1 aliphatic rings. The molecular weight excluding hydrogens is 606 g/mol. The highest BCUT2D eigenvalue weighted by atomic mass is 32.1. The fourth-order valence-corrected chi connectivity index (χ4v) is 5.51. The number of benzene rings is 2. The standard InChI is InChI=1S/C31H37N7O5S.C2H6/c1-19-14-15-36(18-19)26(39)33-22-10-8-20(9-11-22)25-34-35-27(44-25)37(28(40)42-30(2,3)4)23-12-13-24-21(16-23)17-32-38(24)29(41)43-31(5,6)7;1-2/h8-13,16-17,19H,14-15,18H2,1-7H3,(H,33,39);1-2H3. The van der Waals surface area contributed by atoms with Gasteiger partial charge in [0.15, 0.2) is 0 Å². The summed E-state index contributed by atoms with van der Waals surface area (Å²) in [5.41, 5.74) is 1.00. The van der Waals surface area contributed by atoms with E-state index in [1.165, 1.54) is 27.1 Å². The van der Waals surface area contributed by atoms with Crippen molar-refractivity contribution in [3.05, 3.63) is 48.7 Å². The highest BCUT2D eigenvalue weighted by Gasteiger charge is 2.29. The molecule has 46 heavy (non-hydrogen) atoms. The van der Waals surface area contributed by atoms with E-state index in [0.717, 1.165) is 25.1 Å². The van der Waals surface area contributed by atoms with Gasteiger partial charge >= 0.3 is 18.2 Å². The number of hydrogen-bond acceptors (Lipinski definition) is 9. The molecule has 12 nitrogen and oxygen atoms in total. The molecule has 4 aromatic rings. The monoisotopic (exact) mass is 649 g/mol. The highest BCUT2D eigenvalue weighted by molar-refractivity contribution is 7.18. The second-order valence-corrected chi connectivity index (χ2v) is 13.8. The van der Waals surface area contributed by atoms with Gasteiger partial charge in [-0.05, 0) is 96.3 Å². The number of carbonyl (C=O) groups excluding carboxylic acids is 3. The average molecular weight is 650 g/mol. The molecule has 3 heterocycles. The Kier molecular flexibility index (Phi) is 10.3. The van der Waals surface area contributed by atoms with Gasteiger partial charge in [0.1, 0.15) is 16.2 Å². The molecule has 1 aliphatic heterocycles. The summed E-state index contributed by atoms with van der Waals surface area (Å²) in [6.45, 7) is 18.4. The highest BCUT2D eigenvalue weighted by Crippen LogP contribution is 2.36. The smallest absolute Gasteiger partial charge is 0.435 e. The van der Waals surface area contributed by atoms with Crippen molar-refractivity contribution in [2.45, 2.75) is 79.9 Å². The van der Waals surface area contributed by atoms with Gasteiger partial charge in [-0.3, -0.25) is 0 Å². The normalized spacial score (nSPS) is 14.8. The van der Waals surface area contributed by atoms with Crippen molar-refractivity contribution in [2.75, 3.05) is 23.3 Å².